The van der Waals surface area contributed by atoms with Crippen LogP contribution in [0.25, 0.3) is 0 Å². The molecule has 1 atom stereocenters. The maximum atomic E-state index is 5.75. The van der Waals surface area contributed by atoms with Crippen molar-refractivity contribution in [3.05, 3.63) is 0 Å². The van der Waals surface area contributed by atoms with E-state index in [1.54, 1.807) is 0 Å². The van der Waals surface area contributed by atoms with E-state index < -0.39 is 0 Å². The second-order valence-corrected chi connectivity index (χ2v) is 3.68. The summed E-state index contributed by atoms with van der Waals surface area (Å²) in [6, 6.07) is 0.766. The number of hydrogen-bond acceptors (Lipinski definition) is 3. The Balaban J connectivity index is 1.93. The Morgan fingerprint density at radius 1 is 1.09 bits per heavy atom. The summed E-state index contributed by atoms with van der Waals surface area (Å²) in [5.41, 5.74) is 0. The lowest BCUT2D eigenvalue weighted by atomic mass is 10.0. The molecule has 0 spiro atoms. The van der Waals surface area contributed by atoms with Gasteiger partial charge in [0, 0.05) is 25.7 Å². The average molecular weight is 155 g/mol. The number of hydrogen-bond donors (Lipinski definition) is 1. The summed E-state index contributed by atoms with van der Waals surface area (Å²) < 4.78 is 0. The van der Waals surface area contributed by atoms with Gasteiger partial charge in [-0.3, -0.25) is 10.7 Å². The zero-order chi connectivity index (χ0) is 7.68. The molecule has 2 aliphatic rings. The van der Waals surface area contributed by atoms with E-state index in [0.29, 0.717) is 0 Å². The van der Waals surface area contributed by atoms with Gasteiger partial charge in [0.15, 0.2) is 0 Å². The van der Waals surface area contributed by atoms with Gasteiger partial charge in [-0.05, 0) is 19.4 Å². The predicted molar refractivity (Wildman–Crippen MR) is 45.0 cm³/mol. The Morgan fingerprint density at radius 2 is 2.00 bits per heavy atom. The molecule has 2 fully saturated rings. The molecule has 2 heterocycles. The third-order valence-electron chi connectivity index (χ3n) is 2.87. The molecule has 2 saturated heterocycles. The number of fused-ring (bicyclic) bond motifs is 1. The van der Waals surface area contributed by atoms with Gasteiger partial charge in [0.05, 0.1) is 0 Å². The molecule has 1 unspecified atom stereocenters. The van der Waals surface area contributed by atoms with Crippen LogP contribution in [0.2, 0.25) is 0 Å². The molecule has 0 saturated carbocycles. The maximum absolute atomic E-state index is 5.75. The van der Waals surface area contributed by atoms with Crippen LogP contribution in [-0.2, 0) is 0 Å². The molecule has 0 aromatic heterocycles. The predicted octanol–water partition coefficient (Wildman–Crippen LogP) is 0.0302. The largest absolute Gasteiger partial charge is 0.298 e. The molecule has 0 aliphatic carbocycles. The minimum Gasteiger partial charge on any atom is -0.298 e. The van der Waals surface area contributed by atoms with Crippen LogP contribution in [0.4, 0.5) is 0 Å². The van der Waals surface area contributed by atoms with E-state index in [0.717, 1.165) is 19.1 Å². The van der Waals surface area contributed by atoms with Gasteiger partial charge in [0.2, 0.25) is 0 Å². The van der Waals surface area contributed by atoms with E-state index in [-0.39, 0.29) is 0 Å². The Bertz CT molecular complexity index is 137. The molecule has 2 rings (SSSR count). The summed E-state index contributed by atoms with van der Waals surface area (Å²) in [5, 5.41) is 1.96. The van der Waals surface area contributed by atoms with Crippen LogP contribution in [-0.4, -0.2) is 42.1 Å². The summed E-state index contributed by atoms with van der Waals surface area (Å²) >= 11 is 0. The fourth-order valence-electron chi connectivity index (χ4n) is 2.18. The first-order valence-electron chi connectivity index (χ1n) is 4.60. The van der Waals surface area contributed by atoms with Crippen molar-refractivity contribution in [3.63, 3.8) is 0 Å². The first-order chi connectivity index (χ1) is 5.36. The van der Waals surface area contributed by atoms with Crippen molar-refractivity contribution in [1.29, 1.82) is 0 Å². The number of rotatable bonds is 0. The third kappa shape index (κ3) is 1.55. The van der Waals surface area contributed by atoms with Crippen molar-refractivity contribution < 1.29 is 0 Å². The van der Waals surface area contributed by atoms with Crippen molar-refractivity contribution in [2.24, 2.45) is 5.84 Å². The minimum atomic E-state index is 0.766. The van der Waals surface area contributed by atoms with Gasteiger partial charge >= 0.3 is 0 Å². The standard InChI is InChI=1S/C8H17N3/c9-11-6-5-10-4-2-1-3-8(10)7-11/h8H,1-7,9H2. The van der Waals surface area contributed by atoms with Crippen LogP contribution in [0.5, 0.6) is 0 Å². The molecule has 0 bridgehead atoms. The smallest absolute Gasteiger partial charge is 0.0285 e. The average Bonchev–Trinajstić information content (AvgIpc) is 2.04. The van der Waals surface area contributed by atoms with Crippen molar-refractivity contribution in [1.82, 2.24) is 9.91 Å². The molecule has 0 aromatic rings. The van der Waals surface area contributed by atoms with E-state index in [1.807, 2.05) is 5.01 Å². The van der Waals surface area contributed by atoms with Gasteiger partial charge in [0.25, 0.3) is 0 Å². The monoisotopic (exact) mass is 155 g/mol. The van der Waals surface area contributed by atoms with Crippen LogP contribution in [0, 0.1) is 0 Å². The molecule has 0 amide bonds. The summed E-state index contributed by atoms with van der Waals surface area (Å²) in [6.07, 6.45) is 4.14. The van der Waals surface area contributed by atoms with Crippen LogP contribution in [0.3, 0.4) is 0 Å². The maximum Gasteiger partial charge on any atom is 0.0285 e. The molecule has 2 N–H and O–H groups in total. The highest BCUT2D eigenvalue weighted by molar-refractivity contribution is 4.82. The Hall–Kier alpha value is -0.120. The molecule has 11 heavy (non-hydrogen) atoms. The summed E-state index contributed by atoms with van der Waals surface area (Å²) in [7, 11) is 0. The zero-order valence-electron chi connectivity index (χ0n) is 7.00. The number of nitrogens with zero attached hydrogens (tertiary/aromatic N) is 2. The second-order valence-electron chi connectivity index (χ2n) is 3.68. The van der Waals surface area contributed by atoms with Crippen molar-refractivity contribution in [2.45, 2.75) is 25.3 Å². The van der Waals surface area contributed by atoms with Crippen LogP contribution in [0.15, 0.2) is 0 Å². The Labute approximate surface area is 68.1 Å². The number of piperazine rings is 1. The molecule has 3 heteroatoms. The lowest BCUT2D eigenvalue weighted by molar-refractivity contribution is 0.0495. The summed E-state index contributed by atoms with van der Waals surface area (Å²) in [4.78, 5) is 2.59. The van der Waals surface area contributed by atoms with Gasteiger partial charge in [-0.1, -0.05) is 6.42 Å². The lowest BCUT2D eigenvalue weighted by Crippen LogP contribution is -2.56. The topological polar surface area (TPSA) is 32.5 Å². The van der Waals surface area contributed by atoms with Gasteiger partial charge in [0.1, 0.15) is 0 Å². The highest BCUT2D eigenvalue weighted by Gasteiger charge is 2.27. The molecule has 3 nitrogen and oxygen atoms in total. The second kappa shape index (κ2) is 3.09. The third-order valence-corrected chi connectivity index (χ3v) is 2.87. The van der Waals surface area contributed by atoms with Gasteiger partial charge in [-0.2, -0.15) is 0 Å². The van der Waals surface area contributed by atoms with Crippen LogP contribution < -0.4 is 5.84 Å². The first-order valence-corrected chi connectivity index (χ1v) is 4.60. The molecular formula is C8H17N3. The molecule has 2 aliphatic heterocycles. The first kappa shape index (κ1) is 7.53. The van der Waals surface area contributed by atoms with E-state index in [1.165, 1.54) is 32.4 Å². The van der Waals surface area contributed by atoms with Crippen LogP contribution >= 0.6 is 0 Å². The fourth-order valence-corrected chi connectivity index (χ4v) is 2.18. The van der Waals surface area contributed by atoms with Crippen LogP contribution in [0.1, 0.15) is 19.3 Å². The lowest BCUT2D eigenvalue weighted by Gasteiger charge is -2.42. The molecular weight excluding hydrogens is 138 g/mol. The molecule has 0 radical (unpaired) electrons. The van der Waals surface area contributed by atoms with E-state index >= 15 is 0 Å². The zero-order valence-corrected chi connectivity index (χ0v) is 7.00. The van der Waals surface area contributed by atoms with Crippen molar-refractivity contribution in [3.8, 4) is 0 Å². The minimum absolute atomic E-state index is 0.766. The van der Waals surface area contributed by atoms with Crippen molar-refractivity contribution in [2.75, 3.05) is 26.2 Å². The Morgan fingerprint density at radius 3 is 2.91 bits per heavy atom. The SMILES string of the molecule is NN1CCN2CCCCC2C1. The van der Waals surface area contributed by atoms with Gasteiger partial charge in [-0.25, -0.2) is 5.01 Å². The van der Waals surface area contributed by atoms with E-state index in [4.69, 9.17) is 5.84 Å². The van der Waals surface area contributed by atoms with Gasteiger partial charge in [-0.15, -0.1) is 0 Å². The fraction of sp³-hybridized carbons (Fsp3) is 1.00. The highest BCUT2D eigenvalue weighted by atomic mass is 15.4. The highest BCUT2D eigenvalue weighted by Crippen LogP contribution is 2.19. The van der Waals surface area contributed by atoms with E-state index in [9.17, 15) is 0 Å². The van der Waals surface area contributed by atoms with Crippen molar-refractivity contribution >= 4 is 0 Å². The molecule has 0 aromatic carbocycles. The summed E-state index contributed by atoms with van der Waals surface area (Å²) in [6.45, 7) is 4.62. The van der Waals surface area contributed by atoms with E-state index in [2.05, 4.69) is 4.90 Å². The Kier molecular flexibility index (Phi) is 2.11. The number of hydrazine groups is 1. The molecule has 64 valence electrons. The van der Waals surface area contributed by atoms with Gasteiger partial charge < -0.3 is 0 Å². The number of nitrogens with two attached hydrogens (primary N) is 1. The quantitative estimate of drug-likeness (QED) is 0.501. The normalized spacial score (nSPS) is 35.2. The summed E-state index contributed by atoms with van der Waals surface area (Å²) in [5.74, 6) is 5.75. The number of piperidine rings is 1.